The average Bonchev–Trinajstić information content (AvgIpc) is 2.96. The van der Waals surface area contributed by atoms with Crippen molar-refractivity contribution in [3.8, 4) is 17.1 Å². The number of rotatable bonds is 2. The molecule has 0 aliphatic carbocycles. The molecule has 2 heterocycles. The van der Waals surface area contributed by atoms with Gasteiger partial charge in [0, 0.05) is 23.4 Å². The van der Waals surface area contributed by atoms with Gasteiger partial charge in [-0.2, -0.15) is 13.2 Å². The molecule has 1 amide bonds. The summed E-state index contributed by atoms with van der Waals surface area (Å²) in [6, 6.07) is 4.92. The number of alkyl halides is 3. The quantitative estimate of drug-likeness (QED) is 0.657. The van der Waals surface area contributed by atoms with Crippen LogP contribution in [-0.4, -0.2) is 39.3 Å². The topological polar surface area (TPSA) is 56.6 Å². The summed E-state index contributed by atoms with van der Waals surface area (Å²) < 4.78 is 52.2. The molecule has 164 valence electrons. The van der Waals surface area contributed by atoms with Crippen molar-refractivity contribution < 1.29 is 27.4 Å². The first-order valence-electron chi connectivity index (χ1n) is 9.75. The lowest BCUT2D eigenvalue weighted by Crippen LogP contribution is -2.37. The summed E-state index contributed by atoms with van der Waals surface area (Å²) in [6.07, 6.45) is -3.94. The van der Waals surface area contributed by atoms with Gasteiger partial charge < -0.3 is 18.9 Å². The normalized spacial score (nSPS) is 14.9. The van der Waals surface area contributed by atoms with E-state index in [0.717, 1.165) is 11.8 Å². The van der Waals surface area contributed by atoms with Crippen molar-refractivity contribution in [1.29, 1.82) is 0 Å². The van der Waals surface area contributed by atoms with Gasteiger partial charge in [0.15, 0.2) is 5.69 Å². The summed E-state index contributed by atoms with van der Waals surface area (Å²) in [5, 5.41) is 0. The second-order valence-electron chi connectivity index (χ2n) is 8.52. The average molecular weight is 425 g/mol. The SMILES string of the molecule is CC(C)n1cc(C(F)(F)F)nc1-c1ccc2c(c1)OCCN(C(=O)OC(C)(C)C)C2. The lowest BCUT2D eigenvalue weighted by molar-refractivity contribution is -0.140. The first-order valence-corrected chi connectivity index (χ1v) is 9.75. The van der Waals surface area contributed by atoms with Crippen molar-refractivity contribution in [2.75, 3.05) is 13.2 Å². The zero-order chi connectivity index (χ0) is 22.3. The molecule has 1 aliphatic heterocycles. The molecule has 0 bridgehead atoms. The molecular formula is C21H26F3N3O3. The monoisotopic (exact) mass is 425 g/mol. The molecule has 6 nitrogen and oxygen atoms in total. The van der Waals surface area contributed by atoms with Crippen LogP contribution in [0.1, 0.15) is 51.9 Å². The highest BCUT2D eigenvalue weighted by atomic mass is 19.4. The fraction of sp³-hybridized carbons (Fsp3) is 0.524. The fourth-order valence-corrected chi connectivity index (χ4v) is 3.13. The highest BCUT2D eigenvalue weighted by molar-refractivity contribution is 5.69. The smallest absolute Gasteiger partial charge is 0.434 e. The first kappa shape index (κ1) is 22.0. The zero-order valence-corrected chi connectivity index (χ0v) is 17.7. The van der Waals surface area contributed by atoms with Crippen LogP contribution in [-0.2, 0) is 17.5 Å². The van der Waals surface area contributed by atoms with Gasteiger partial charge in [0.1, 0.15) is 23.8 Å². The summed E-state index contributed by atoms with van der Waals surface area (Å²) in [6.45, 7) is 9.87. The van der Waals surface area contributed by atoms with Crippen molar-refractivity contribution in [2.45, 2.75) is 59.0 Å². The second kappa shape index (κ2) is 7.85. The summed E-state index contributed by atoms with van der Waals surface area (Å²) in [4.78, 5) is 17.8. The molecular weight excluding hydrogens is 399 g/mol. The predicted molar refractivity (Wildman–Crippen MR) is 105 cm³/mol. The highest BCUT2D eigenvalue weighted by Gasteiger charge is 2.35. The Morgan fingerprint density at radius 2 is 1.93 bits per heavy atom. The van der Waals surface area contributed by atoms with Crippen LogP contribution in [0, 0.1) is 0 Å². The Hall–Kier alpha value is -2.71. The number of carbonyl (C=O) groups is 1. The van der Waals surface area contributed by atoms with E-state index in [0.29, 0.717) is 17.9 Å². The van der Waals surface area contributed by atoms with Crippen molar-refractivity contribution in [3.05, 3.63) is 35.7 Å². The Balaban J connectivity index is 1.92. The third kappa shape index (κ3) is 4.88. The number of benzene rings is 1. The lowest BCUT2D eigenvalue weighted by Gasteiger charge is -2.26. The van der Waals surface area contributed by atoms with Gasteiger partial charge in [-0.1, -0.05) is 12.1 Å². The Morgan fingerprint density at radius 1 is 1.23 bits per heavy atom. The Labute approximate surface area is 173 Å². The Bertz CT molecular complexity index is 930. The predicted octanol–water partition coefficient (Wildman–Crippen LogP) is 5.28. The number of fused-ring (bicyclic) bond motifs is 1. The molecule has 9 heteroatoms. The van der Waals surface area contributed by atoms with E-state index < -0.39 is 23.6 Å². The van der Waals surface area contributed by atoms with Gasteiger partial charge in [-0.05, 0) is 40.7 Å². The van der Waals surface area contributed by atoms with Gasteiger partial charge in [0.25, 0.3) is 0 Å². The van der Waals surface area contributed by atoms with Crippen LogP contribution in [0.25, 0.3) is 11.4 Å². The molecule has 0 N–H and O–H groups in total. The number of imidazole rings is 1. The number of hydrogen-bond acceptors (Lipinski definition) is 4. The van der Waals surface area contributed by atoms with Crippen LogP contribution in [0.15, 0.2) is 24.4 Å². The molecule has 0 spiro atoms. The highest BCUT2D eigenvalue weighted by Crippen LogP contribution is 2.35. The van der Waals surface area contributed by atoms with E-state index in [9.17, 15) is 18.0 Å². The van der Waals surface area contributed by atoms with Gasteiger partial charge in [-0.25, -0.2) is 9.78 Å². The zero-order valence-electron chi connectivity index (χ0n) is 17.7. The van der Waals surface area contributed by atoms with Gasteiger partial charge in [-0.3, -0.25) is 0 Å². The molecule has 0 unspecified atom stereocenters. The number of aromatic nitrogens is 2. The molecule has 0 saturated carbocycles. The van der Waals surface area contributed by atoms with E-state index in [1.165, 1.54) is 4.57 Å². The summed E-state index contributed by atoms with van der Waals surface area (Å²) >= 11 is 0. The van der Waals surface area contributed by atoms with Crippen LogP contribution in [0.2, 0.25) is 0 Å². The molecule has 3 rings (SSSR count). The van der Waals surface area contributed by atoms with Crippen LogP contribution in [0.4, 0.5) is 18.0 Å². The molecule has 0 saturated heterocycles. The molecule has 0 radical (unpaired) electrons. The number of amides is 1. The van der Waals surface area contributed by atoms with E-state index in [2.05, 4.69) is 4.98 Å². The maximum Gasteiger partial charge on any atom is 0.434 e. The van der Waals surface area contributed by atoms with Crippen LogP contribution < -0.4 is 4.74 Å². The molecule has 30 heavy (non-hydrogen) atoms. The van der Waals surface area contributed by atoms with Crippen molar-refractivity contribution >= 4 is 6.09 Å². The van der Waals surface area contributed by atoms with E-state index in [4.69, 9.17) is 9.47 Å². The van der Waals surface area contributed by atoms with Crippen LogP contribution >= 0.6 is 0 Å². The Morgan fingerprint density at radius 3 is 2.53 bits per heavy atom. The van der Waals surface area contributed by atoms with Crippen molar-refractivity contribution in [1.82, 2.24) is 14.5 Å². The van der Waals surface area contributed by atoms with Gasteiger partial charge >= 0.3 is 12.3 Å². The minimum absolute atomic E-state index is 0.203. The first-order chi connectivity index (χ1) is 13.8. The third-order valence-corrected chi connectivity index (χ3v) is 4.54. The summed E-state index contributed by atoms with van der Waals surface area (Å²) in [5.74, 6) is 0.738. The maximum absolute atomic E-state index is 13.2. The van der Waals surface area contributed by atoms with Crippen molar-refractivity contribution in [3.63, 3.8) is 0 Å². The number of nitrogens with zero attached hydrogens (tertiary/aromatic N) is 3. The van der Waals surface area contributed by atoms with Gasteiger partial charge in [0.05, 0.1) is 13.1 Å². The van der Waals surface area contributed by atoms with E-state index in [1.807, 2.05) is 0 Å². The molecule has 2 aromatic rings. The number of hydrogen-bond donors (Lipinski definition) is 0. The largest absolute Gasteiger partial charge is 0.491 e. The van der Waals surface area contributed by atoms with Crippen LogP contribution in [0.3, 0.4) is 0 Å². The molecule has 0 fully saturated rings. The Kier molecular flexibility index (Phi) is 5.75. The van der Waals surface area contributed by atoms with Crippen molar-refractivity contribution in [2.24, 2.45) is 0 Å². The number of halogens is 3. The summed E-state index contributed by atoms with van der Waals surface area (Å²) in [7, 11) is 0. The summed E-state index contributed by atoms with van der Waals surface area (Å²) in [5.41, 5.74) is -0.274. The second-order valence-corrected chi connectivity index (χ2v) is 8.52. The molecule has 0 atom stereocenters. The fourth-order valence-electron chi connectivity index (χ4n) is 3.13. The number of carbonyl (C=O) groups excluding carboxylic acids is 1. The van der Waals surface area contributed by atoms with E-state index in [1.54, 1.807) is 57.7 Å². The molecule has 1 aromatic heterocycles. The number of ether oxygens (including phenoxy) is 2. The molecule has 1 aliphatic rings. The lowest BCUT2D eigenvalue weighted by atomic mass is 10.1. The van der Waals surface area contributed by atoms with Crippen LogP contribution in [0.5, 0.6) is 5.75 Å². The molecule has 1 aromatic carbocycles. The van der Waals surface area contributed by atoms with E-state index in [-0.39, 0.29) is 25.0 Å². The van der Waals surface area contributed by atoms with E-state index >= 15 is 0 Å². The minimum Gasteiger partial charge on any atom is -0.491 e. The minimum atomic E-state index is -4.52. The van der Waals surface area contributed by atoms with Gasteiger partial charge in [0.2, 0.25) is 0 Å². The third-order valence-electron chi connectivity index (χ3n) is 4.54. The van der Waals surface area contributed by atoms with Gasteiger partial charge in [-0.15, -0.1) is 0 Å². The maximum atomic E-state index is 13.2. The standard InChI is InChI=1S/C21H26F3N3O3/c1-13(2)27-12-17(21(22,23)24)25-18(27)14-6-7-15-11-26(8-9-29-16(15)10-14)19(28)30-20(3,4)5/h6-7,10,12-13H,8-9,11H2,1-5H3.